The van der Waals surface area contributed by atoms with E-state index in [1.165, 1.54) is 12.1 Å². The van der Waals surface area contributed by atoms with Crippen molar-refractivity contribution in [3.8, 4) is 0 Å². The number of nitrogens with zero attached hydrogens (tertiary/aromatic N) is 1. The molecule has 1 amide bonds. The summed E-state index contributed by atoms with van der Waals surface area (Å²) in [6.45, 7) is 1.95. The van der Waals surface area contributed by atoms with Crippen molar-refractivity contribution < 1.29 is 9.72 Å². The molecule has 0 heterocycles. The van der Waals surface area contributed by atoms with Crippen LogP contribution < -0.4 is 5.32 Å². The summed E-state index contributed by atoms with van der Waals surface area (Å²) in [4.78, 5) is 23.5. The first-order chi connectivity index (χ1) is 13.0. The Balaban J connectivity index is 2.00. The first kappa shape index (κ1) is 18.1. The summed E-state index contributed by atoms with van der Waals surface area (Å²) >= 11 is 0. The van der Waals surface area contributed by atoms with Gasteiger partial charge in [-0.15, -0.1) is 0 Å². The van der Waals surface area contributed by atoms with Crippen LogP contribution in [-0.2, 0) is 4.79 Å². The van der Waals surface area contributed by atoms with Crippen molar-refractivity contribution in [2.45, 2.75) is 6.92 Å². The molecule has 3 aromatic carbocycles. The first-order valence-corrected chi connectivity index (χ1v) is 8.42. The number of hydrogen-bond acceptors (Lipinski definition) is 3. The number of carbonyl (C=O) groups is 1. The summed E-state index contributed by atoms with van der Waals surface area (Å²) in [5.41, 5.74) is 3.46. The van der Waals surface area contributed by atoms with Crippen molar-refractivity contribution in [1.29, 1.82) is 0 Å². The fraction of sp³-hybridized carbons (Fsp3) is 0.0455. The molecule has 0 aliphatic carbocycles. The Kier molecular flexibility index (Phi) is 5.42. The van der Waals surface area contributed by atoms with E-state index in [1.807, 2.05) is 61.5 Å². The molecule has 0 atom stereocenters. The van der Waals surface area contributed by atoms with E-state index in [4.69, 9.17) is 0 Å². The Bertz CT molecular complexity index is 1010. The smallest absolute Gasteiger partial charge is 0.270 e. The molecule has 0 radical (unpaired) electrons. The van der Waals surface area contributed by atoms with E-state index in [0.717, 1.165) is 11.1 Å². The van der Waals surface area contributed by atoms with Crippen molar-refractivity contribution in [2.75, 3.05) is 5.32 Å². The molecule has 134 valence electrons. The molecular formula is C22H18N2O3. The highest BCUT2D eigenvalue weighted by molar-refractivity contribution is 6.29. The van der Waals surface area contributed by atoms with Crippen molar-refractivity contribution in [1.82, 2.24) is 0 Å². The van der Waals surface area contributed by atoms with E-state index in [0.29, 0.717) is 16.8 Å². The van der Waals surface area contributed by atoms with Crippen LogP contribution in [-0.4, -0.2) is 10.8 Å². The Morgan fingerprint density at radius 2 is 1.70 bits per heavy atom. The standard InChI is InChI=1S/C22H18N2O3/c1-16-7-5-11-19(13-16)23-22(25)21(18-9-3-2-4-10-18)15-17-8-6-12-20(14-17)24(26)27/h2-15H,1H3,(H,23,25)/b21-15+. The third-order valence-corrected chi connectivity index (χ3v) is 4.00. The number of rotatable bonds is 5. The Hall–Kier alpha value is -3.73. The van der Waals surface area contributed by atoms with Crippen LogP contribution >= 0.6 is 0 Å². The molecular weight excluding hydrogens is 340 g/mol. The van der Waals surface area contributed by atoms with Gasteiger partial charge in [0.05, 0.1) is 4.92 Å². The van der Waals surface area contributed by atoms with Gasteiger partial charge in [0.2, 0.25) is 0 Å². The normalized spacial score (nSPS) is 11.1. The summed E-state index contributed by atoms with van der Waals surface area (Å²) in [6, 6.07) is 23.0. The van der Waals surface area contributed by atoms with E-state index in [1.54, 1.807) is 18.2 Å². The number of amides is 1. The van der Waals surface area contributed by atoms with Crippen molar-refractivity contribution in [2.24, 2.45) is 0 Å². The van der Waals surface area contributed by atoms with Crippen molar-refractivity contribution >= 4 is 28.9 Å². The fourth-order valence-corrected chi connectivity index (χ4v) is 2.71. The van der Waals surface area contributed by atoms with Crippen LogP contribution in [0.25, 0.3) is 11.6 Å². The van der Waals surface area contributed by atoms with Crippen LogP contribution in [0.1, 0.15) is 16.7 Å². The van der Waals surface area contributed by atoms with Gasteiger partial charge in [0.15, 0.2) is 0 Å². The van der Waals surface area contributed by atoms with Gasteiger partial charge in [0, 0.05) is 23.4 Å². The van der Waals surface area contributed by atoms with Gasteiger partial charge >= 0.3 is 0 Å². The average molecular weight is 358 g/mol. The quantitative estimate of drug-likeness (QED) is 0.299. The minimum absolute atomic E-state index is 0.0183. The third-order valence-electron chi connectivity index (χ3n) is 4.00. The summed E-state index contributed by atoms with van der Waals surface area (Å²) in [5, 5.41) is 13.9. The van der Waals surface area contributed by atoms with E-state index in [2.05, 4.69) is 5.32 Å². The minimum atomic E-state index is -0.452. The predicted octanol–water partition coefficient (Wildman–Crippen LogP) is 5.08. The van der Waals surface area contributed by atoms with Crippen LogP contribution in [0.2, 0.25) is 0 Å². The lowest BCUT2D eigenvalue weighted by Gasteiger charge is -2.10. The predicted molar refractivity (Wildman–Crippen MR) is 107 cm³/mol. The molecule has 3 rings (SSSR count). The van der Waals surface area contributed by atoms with Crippen LogP contribution in [0.4, 0.5) is 11.4 Å². The lowest BCUT2D eigenvalue weighted by molar-refractivity contribution is -0.384. The zero-order valence-electron chi connectivity index (χ0n) is 14.8. The molecule has 0 saturated carbocycles. The highest BCUT2D eigenvalue weighted by atomic mass is 16.6. The summed E-state index contributed by atoms with van der Waals surface area (Å²) in [6.07, 6.45) is 1.66. The molecule has 0 unspecified atom stereocenters. The van der Waals surface area contributed by atoms with Crippen LogP contribution in [0, 0.1) is 17.0 Å². The second kappa shape index (κ2) is 8.10. The maximum Gasteiger partial charge on any atom is 0.270 e. The number of carbonyl (C=O) groups excluding carboxylic acids is 1. The molecule has 0 aliphatic rings. The van der Waals surface area contributed by atoms with Gasteiger partial charge in [-0.25, -0.2) is 0 Å². The average Bonchev–Trinajstić information content (AvgIpc) is 2.67. The highest BCUT2D eigenvalue weighted by Crippen LogP contribution is 2.23. The first-order valence-electron chi connectivity index (χ1n) is 8.42. The molecule has 1 N–H and O–H groups in total. The molecule has 27 heavy (non-hydrogen) atoms. The van der Waals surface area contributed by atoms with E-state index in [-0.39, 0.29) is 11.6 Å². The Morgan fingerprint density at radius 3 is 2.41 bits per heavy atom. The Labute approximate surface area is 157 Å². The summed E-state index contributed by atoms with van der Waals surface area (Å²) < 4.78 is 0. The van der Waals surface area contributed by atoms with Gasteiger partial charge in [-0.05, 0) is 41.8 Å². The van der Waals surface area contributed by atoms with Gasteiger partial charge in [-0.2, -0.15) is 0 Å². The fourth-order valence-electron chi connectivity index (χ4n) is 2.71. The molecule has 5 heteroatoms. The van der Waals surface area contributed by atoms with E-state index >= 15 is 0 Å². The van der Waals surface area contributed by atoms with Crippen molar-refractivity contribution in [3.63, 3.8) is 0 Å². The summed E-state index contributed by atoms with van der Waals surface area (Å²) in [5.74, 6) is -0.279. The topological polar surface area (TPSA) is 72.2 Å². The largest absolute Gasteiger partial charge is 0.322 e. The number of nitro groups is 1. The molecule has 0 aromatic heterocycles. The van der Waals surface area contributed by atoms with Gasteiger partial charge in [0.1, 0.15) is 0 Å². The number of hydrogen-bond donors (Lipinski definition) is 1. The molecule has 0 bridgehead atoms. The van der Waals surface area contributed by atoms with Crippen LogP contribution in [0.15, 0.2) is 78.9 Å². The lowest BCUT2D eigenvalue weighted by Crippen LogP contribution is -2.13. The third kappa shape index (κ3) is 4.67. The number of nitrogens with one attached hydrogen (secondary N) is 1. The van der Waals surface area contributed by atoms with E-state index in [9.17, 15) is 14.9 Å². The minimum Gasteiger partial charge on any atom is -0.322 e. The molecule has 0 saturated heterocycles. The Morgan fingerprint density at radius 1 is 0.963 bits per heavy atom. The van der Waals surface area contributed by atoms with Gasteiger partial charge in [0.25, 0.3) is 11.6 Å². The number of nitro benzene ring substituents is 1. The zero-order chi connectivity index (χ0) is 19.2. The summed E-state index contributed by atoms with van der Waals surface area (Å²) in [7, 11) is 0. The number of non-ortho nitro benzene ring substituents is 1. The van der Waals surface area contributed by atoms with Crippen LogP contribution in [0.3, 0.4) is 0 Å². The molecule has 3 aromatic rings. The molecule has 0 spiro atoms. The number of benzene rings is 3. The lowest BCUT2D eigenvalue weighted by atomic mass is 10.0. The van der Waals surface area contributed by atoms with Gasteiger partial charge < -0.3 is 5.32 Å². The maximum atomic E-state index is 12.9. The highest BCUT2D eigenvalue weighted by Gasteiger charge is 2.13. The van der Waals surface area contributed by atoms with Crippen LogP contribution in [0.5, 0.6) is 0 Å². The number of anilines is 1. The molecule has 0 aliphatic heterocycles. The van der Waals surface area contributed by atoms with E-state index < -0.39 is 4.92 Å². The maximum absolute atomic E-state index is 12.9. The van der Waals surface area contributed by atoms with Crippen molar-refractivity contribution in [3.05, 3.63) is 106 Å². The number of aryl methyl sites for hydroxylation is 1. The monoisotopic (exact) mass is 358 g/mol. The molecule has 5 nitrogen and oxygen atoms in total. The second-order valence-corrected chi connectivity index (χ2v) is 6.10. The zero-order valence-corrected chi connectivity index (χ0v) is 14.8. The second-order valence-electron chi connectivity index (χ2n) is 6.10. The van der Waals surface area contributed by atoms with Gasteiger partial charge in [-0.1, -0.05) is 54.6 Å². The van der Waals surface area contributed by atoms with Gasteiger partial charge in [-0.3, -0.25) is 14.9 Å². The SMILES string of the molecule is Cc1cccc(NC(=O)/C(=C/c2cccc([N+](=O)[O-])c2)c2ccccc2)c1. The molecule has 0 fully saturated rings.